The molecule has 1 aromatic carbocycles. The average molecular weight is 375 g/mol. The summed E-state index contributed by atoms with van der Waals surface area (Å²) in [5, 5.41) is 0.353. The monoisotopic (exact) mass is 375 g/mol. The summed E-state index contributed by atoms with van der Waals surface area (Å²) in [5.41, 5.74) is 1.97. The van der Waals surface area contributed by atoms with Gasteiger partial charge < -0.3 is 9.32 Å². The van der Waals surface area contributed by atoms with Crippen molar-refractivity contribution in [1.82, 2.24) is 19.4 Å². The van der Waals surface area contributed by atoms with Crippen LogP contribution in [0.2, 0.25) is 0 Å². The predicted molar refractivity (Wildman–Crippen MR) is 96.0 cm³/mol. The molecule has 0 radical (unpaired) electrons. The fourth-order valence-electron chi connectivity index (χ4n) is 3.33. The van der Waals surface area contributed by atoms with Gasteiger partial charge in [0.25, 0.3) is 12.0 Å². The lowest BCUT2D eigenvalue weighted by Gasteiger charge is -2.35. The van der Waals surface area contributed by atoms with E-state index in [-0.39, 0.29) is 0 Å². The molecule has 0 amide bonds. The molecule has 7 nitrogen and oxygen atoms in total. The molecular weight excluding hydrogens is 356 g/mol. The fraction of sp³-hybridized carbons (Fsp3) is 0.389. The van der Waals surface area contributed by atoms with Crippen LogP contribution in [0.5, 0.6) is 0 Å². The second kappa shape index (κ2) is 7.43. The molecule has 0 saturated carbocycles. The Balaban J connectivity index is 1.47. The summed E-state index contributed by atoms with van der Waals surface area (Å²) in [5.74, 6) is 0. The fourth-order valence-corrected chi connectivity index (χ4v) is 3.33. The Labute approximate surface area is 153 Å². The molecule has 1 aliphatic rings. The van der Waals surface area contributed by atoms with Crippen LogP contribution in [-0.4, -0.2) is 52.0 Å². The molecule has 0 spiro atoms. The summed E-state index contributed by atoms with van der Waals surface area (Å²) < 4.78 is 31.1. The standard InChI is InChI=1S/C18H19F2N5O2/c19-17(20)9-25-11-21-16-7-14(1-2-15(16)18(25)26)24-5-3-23(4-6-24)8-13-10-27-12-22-13/h1-2,7,10-12,17H,3-6,8-9H2. The maximum Gasteiger partial charge on any atom is 0.261 e. The van der Waals surface area contributed by atoms with E-state index >= 15 is 0 Å². The zero-order valence-electron chi connectivity index (χ0n) is 14.6. The number of benzene rings is 1. The lowest BCUT2D eigenvalue weighted by Crippen LogP contribution is -2.46. The number of aromatic nitrogens is 3. The van der Waals surface area contributed by atoms with Crippen molar-refractivity contribution in [2.24, 2.45) is 0 Å². The highest BCUT2D eigenvalue weighted by Gasteiger charge is 2.19. The minimum absolute atomic E-state index is 0.353. The predicted octanol–water partition coefficient (Wildman–Crippen LogP) is 1.97. The minimum Gasteiger partial charge on any atom is -0.451 e. The Morgan fingerprint density at radius 2 is 1.96 bits per heavy atom. The molecule has 142 valence electrons. The highest BCUT2D eigenvalue weighted by molar-refractivity contribution is 5.81. The third-order valence-corrected chi connectivity index (χ3v) is 4.75. The summed E-state index contributed by atoms with van der Waals surface area (Å²) in [6.07, 6.45) is 1.69. The molecule has 0 unspecified atom stereocenters. The van der Waals surface area contributed by atoms with Gasteiger partial charge in [-0.15, -0.1) is 0 Å². The first-order valence-corrected chi connectivity index (χ1v) is 8.72. The molecule has 2 aromatic heterocycles. The van der Waals surface area contributed by atoms with Crippen molar-refractivity contribution in [3.8, 4) is 0 Å². The number of nitrogens with zero attached hydrogens (tertiary/aromatic N) is 5. The Kier molecular flexibility index (Phi) is 4.85. The van der Waals surface area contributed by atoms with Gasteiger partial charge in [-0.1, -0.05) is 0 Å². The van der Waals surface area contributed by atoms with Gasteiger partial charge in [-0.25, -0.2) is 18.7 Å². The van der Waals surface area contributed by atoms with Gasteiger partial charge in [0.05, 0.1) is 29.5 Å². The van der Waals surface area contributed by atoms with E-state index in [1.54, 1.807) is 12.3 Å². The van der Waals surface area contributed by atoms with Gasteiger partial charge in [0, 0.05) is 38.4 Å². The quantitative estimate of drug-likeness (QED) is 0.679. The van der Waals surface area contributed by atoms with Gasteiger partial charge in [0.2, 0.25) is 0 Å². The number of oxazole rings is 1. The Morgan fingerprint density at radius 3 is 2.67 bits per heavy atom. The number of piperazine rings is 1. The lowest BCUT2D eigenvalue weighted by atomic mass is 10.2. The van der Waals surface area contributed by atoms with Crippen molar-refractivity contribution < 1.29 is 13.2 Å². The minimum atomic E-state index is -2.59. The van der Waals surface area contributed by atoms with E-state index in [1.807, 2.05) is 12.1 Å². The molecule has 3 heterocycles. The van der Waals surface area contributed by atoms with Crippen LogP contribution in [0.4, 0.5) is 14.5 Å². The van der Waals surface area contributed by atoms with Crippen molar-refractivity contribution in [2.75, 3.05) is 31.1 Å². The van der Waals surface area contributed by atoms with Crippen molar-refractivity contribution in [1.29, 1.82) is 0 Å². The van der Waals surface area contributed by atoms with Crippen molar-refractivity contribution in [3.05, 3.63) is 53.2 Å². The number of halogens is 2. The summed E-state index contributed by atoms with van der Waals surface area (Å²) >= 11 is 0. The van der Waals surface area contributed by atoms with Crippen LogP contribution in [0.25, 0.3) is 10.9 Å². The molecule has 0 atom stereocenters. The molecule has 0 bridgehead atoms. The SMILES string of the molecule is O=c1c2ccc(N3CCN(Cc4cocn4)CC3)cc2ncn1CC(F)F. The van der Waals surface area contributed by atoms with Crippen molar-refractivity contribution in [3.63, 3.8) is 0 Å². The van der Waals surface area contributed by atoms with Crippen LogP contribution in [0.3, 0.4) is 0 Å². The van der Waals surface area contributed by atoms with E-state index in [0.717, 1.165) is 48.7 Å². The van der Waals surface area contributed by atoms with Crippen LogP contribution in [0.15, 0.2) is 46.4 Å². The van der Waals surface area contributed by atoms with E-state index < -0.39 is 18.5 Å². The summed E-state index contributed by atoms with van der Waals surface area (Å²) in [6, 6.07) is 5.37. The first kappa shape index (κ1) is 17.6. The Bertz CT molecular complexity index is 966. The smallest absolute Gasteiger partial charge is 0.261 e. The average Bonchev–Trinajstić information content (AvgIpc) is 3.17. The topological polar surface area (TPSA) is 67.4 Å². The van der Waals surface area contributed by atoms with Gasteiger partial charge in [-0.3, -0.25) is 14.3 Å². The van der Waals surface area contributed by atoms with E-state index in [2.05, 4.69) is 19.8 Å². The molecule has 0 aliphatic carbocycles. The highest BCUT2D eigenvalue weighted by atomic mass is 19.3. The molecule has 9 heteroatoms. The van der Waals surface area contributed by atoms with Crippen LogP contribution >= 0.6 is 0 Å². The number of anilines is 1. The van der Waals surface area contributed by atoms with Crippen LogP contribution in [0.1, 0.15) is 5.69 Å². The molecule has 1 aliphatic heterocycles. The number of hydrogen-bond donors (Lipinski definition) is 0. The number of rotatable bonds is 5. The molecule has 4 rings (SSSR count). The van der Waals surface area contributed by atoms with Gasteiger partial charge in [0.1, 0.15) is 6.26 Å². The number of hydrogen-bond acceptors (Lipinski definition) is 6. The third-order valence-electron chi connectivity index (χ3n) is 4.75. The lowest BCUT2D eigenvalue weighted by molar-refractivity contribution is 0.125. The normalized spacial score (nSPS) is 15.7. The zero-order chi connectivity index (χ0) is 18.8. The second-order valence-electron chi connectivity index (χ2n) is 6.54. The maximum absolute atomic E-state index is 12.6. The second-order valence-corrected chi connectivity index (χ2v) is 6.54. The summed E-state index contributed by atoms with van der Waals surface area (Å²) in [4.78, 5) is 25.2. The summed E-state index contributed by atoms with van der Waals surface area (Å²) in [7, 11) is 0. The molecule has 0 N–H and O–H groups in total. The Morgan fingerprint density at radius 1 is 1.15 bits per heavy atom. The van der Waals surface area contributed by atoms with E-state index in [1.165, 1.54) is 12.7 Å². The molecular formula is C18H19F2N5O2. The highest BCUT2D eigenvalue weighted by Crippen LogP contribution is 2.21. The molecule has 1 fully saturated rings. The number of fused-ring (bicyclic) bond motifs is 1. The first-order chi connectivity index (χ1) is 13.1. The van der Waals surface area contributed by atoms with E-state index in [4.69, 9.17) is 4.42 Å². The van der Waals surface area contributed by atoms with Crippen LogP contribution in [-0.2, 0) is 13.1 Å². The van der Waals surface area contributed by atoms with E-state index in [0.29, 0.717) is 10.9 Å². The van der Waals surface area contributed by atoms with E-state index in [9.17, 15) is 13.6 Å². The number of alkyl halides is 2. The maximum atomic E-state index is 12.6. The summed E-state index contributed by atoms with van der Waals surface area (Å²) in [6.45, 7) is 3.56. The first-order valence-electron chi connectivity index (χ1n) is 8.72. The largest absolute Gasteiger partial charge is 0.451 e. The van der Waals surface area contributed by atoms with Crippen molar-refractivity contribution in [2.45, 2.75) is 19.5 Å². The van der Waals surface area contributed by atoms with Gasteiger partial charge in [-0.05, 0) is 18.2 Å². The van der Waals surface area contributed by atoms with Crippen LogP contribution < -0.4 is 10.5 Å². The van der Waals surface area contributed by atoms with Gasteiger partial charge in [0.15, 0.2) is 6.39 Å². The van der Waals surface area contributed by atoms with Gasteiger partial charge >= 0.3 is 0 Å². The Hall–Kier alpha value is -2.81. The molecule has 3 aromatic rings. The van der Waals surface area contributed by atoms with Crippen LogP contribution in [0, 0.1) is 0 Å². The molecule has 1 saturated heterocycles. The molecule has 27 heavy (non-hydrogen) atoms. The van der Waals surface area contributed by atoms with Gasteiger partial charge in [-0.2, -0.15) is 0 Å². The van der Waals surface area contributed by atoms with Crippen molar-refractivity contribution >= 4 is 16.6 Å². The zero-order valence-corrected chi connectivity index (χ0v) is 14.6. The third kappa shape index (κ3) is 3.82.